The zero-order chi connectivity index (χ0) is 37.1. The van der Waals surface area contributed by atoms with E-state index in [1.165, 1.54) is 16.2 Å². The van der Waals surface area contributed by atoms with Crippen molar-refractivity contribution in [3.05, 3.63) is 45.1 Å². The molecule has 2 aromatic rings. The van der Waals surface area contributed by atoms with Crippen LogP contribution in [0.2, 0.25) is 0 Å². The molecule has 0 radical (unpaired) electrons. The molecular weight excluding hydrogens is 714 g/mol. The van der Waals surface area contributed by atoms with Crippen molar-refractivity contribution >= 4 is 40.7 Å². The Morgan fingerprint density at radius 2 is 1.52 bits per heavy atom. The number of likely N-dealkylation sites (tertiary alicyclic amines) is 4. The summed E-state index contributed by atoms with van der Waals surface area (Å²) in [5.74, 6) is -0.570. The fourth-order valence-electron chi connectivity index (χ4n) is 8.63. The minimum absolute atomic E-state index is 0.154. The van der Waals surface area contributed by atoms with Gasteiger partial charge in [-0.05, 0) is 62.2 Å². The summed E-state index contributed by atoms with van der Waals surface area (Å²) in [5, 5.41) is 9.38. The van der Waals surface area contributed by atoms with E-state index in [4.69, 9.17) is 5.73 Å². The third-order valence-electron chi connectivity index (χ3n) is 11.5. The number of likely N-dealkylation sites (N-methyl/N-ethyl adjacent to an activating group) is 1. The van der Waals surface area contributed by atoms with Crippen molar-refractivity contribution in [3.63, 3.8) is 0 Å². The van der Waals surface area contributed by atoms with Gasteiger partial charge in [-0.3, -0.25) is 9.69 Å². The normalized spacial score (nSPS) is 24.3. The van der Waals surface area contributed by atoms with Crippen molar-refractivity contribution in [1.82, 2.24) is 29.8 Å². The maximum atomic E-state index is 14.1. The van der Waals surface area contributed by atoms with E-state index in [1.54, 1.807) is 9.80 Å². The fourth-order valence-corrected chi connectivity index (χ4v) is 9.41. The number of carbonyl (C=O) groups excluding carboxylic acids is 3. The quantitative estimate of drug-likeness (QED) is 0.286. The molecule has 52 heavy (non-hydrogen) atoms. The number of urea groups is 2. The summed E-state index contributed by atoms with van der Waals surface area (Å²) in [5.41, 5.74) is 1.97. The van der Waals surface area contributed by atoms with E-state index >= 15 is 0 Å². The lowest BCUT2D eigenvalue weighted by molar-refractivity contribution is -0.141. The maximum absolute atomic E-state index is 14.1. The zero-order valence-corrected chi connectivity index (χ0v) is 29.4. The van der Waals surface area contributed by atoms with E-state index in [0.717, 1.165) is 30.8 Å². The van der Waals surface area contributed by atoms with Gasteiger partial charge in [0.05, 0.1) is 29.0 Å². The molecule has 0 aliphatic carbocycles. The Morgan fingerprint density at radius 3 is 2.10 bits per heavy atom. The minimum atomic E-state index is -5.19. The van der Waals surface area contributed by atoms with Gasteiger partial charge < -0.3 is 36.0 Å². The smallest absolute Gasteiger partial charge is 0.398 e. The third kappa shape index (κ3) is 7.25. The number of anilines is 2. The second-order valence-electron chi connectivity index (χ2n) is 14.6. The SMILES string of the molecule is CN1CC2CC1CN2C1CCN(C(=O)[C@@H](Cc2cc(C(F)(F)F)c(N)c(C(F)(F)F)c2)NC(=O)N2CCC(N3Cc4cscc4NC3=O)CC2)CC1. The van der Waals surface area contributed by atoms with Crippen LogP contribution in [0.5, 0.6) is 0 Å². The van der Waals surface area contributed by atoms with Crippen LogP contribution >= 0.6 is 11.3 Å². The molecule has 5 aliphatic heterocycles. The molecule has 284 valence electrons. The third-order valence-corrected chi connectivity index (χ3v) is 12.3. The summed E-state index contributed by atoms with van der Waals surface area (Å²) in [7, 11) is 2.11. The predicted molar refractivity (Wildman–Crippen MR) is 181 cm³/mol. The molecule has 4 saturated heterocycles. The second kappa shape index (κ2) is 13.9. The molecule has 1 aromatic heterocycles. The van der Waals surface area contributed by atoms with E-state index in [-0.39, 0.29) is 31.2 Å². The lowest BCUT2D eigenvalue weighted by atomic mass is 9.96. The van der Waals surface area contributed by atoms with Crippen LogP contribution in [0.15, 0.2) is 22.9 Å². The number of alkyl halides is 6. The Bertz CT molecular complexity index is 1650. The van der Waals surface area contributed by atoms with Crippen molar-refractivity contribution in [1.29, 1.82) is 0 Å². The highest BCUT2D eigenvalue weighted by molar-refractivity contribution is 7.08. The van der Waals surface area contributed by atoms with Crippen LogP contribution in [0.3, 0.4) is 0 Å². The lowest BCUT2D eigenvalue weighted by Gasteiger charge is -2.43. The summed E-state index contributed by atoms with van der Waals surface area (Å²) >= 11 is 1.49. The first-order valence-corrected chi connectivity index (χ1v) is 18.5. The van der Waals surface area contributed by atoms with Gasteiger partial charge in [0, 0.05) is 80.8 Å². The molecule has 2 bridgehead atoms. The number of piperazine rings is 1. The van der Waals surface area contributed by atoms with Crippen molar-refractivity contribution in [2.75, 3.05) is 57.4 Å². The maximum Gasteiger partial charge on any atom is 0.418 e. The molecule has 18 heteroatoms. The molecular formula is C34H42F6N8O3S. The van der Waals surface area contributed by atoms with Crippen LogP contribution < -0.4 is 16.4 Å². The molecule has 6 heterocycles. The highest BCUT2D eigenvalue weighted by Crippen LogP contribution is 2.42. The van der Waals surface area contributed by atoms with E-state index in [1.807, 2.05) is 10.8 Å². The molecule has 2 unspecified atom stereocenters. The number of nitrogens with one attached hydrogen (secondary N) is 2. The summed E-state index contributed by atoms with van der Waals surface area (Å²) in [6, 6.07) is -0.214. The number of nitrogen functional groups attached to an aromatic ring is 1. The highest BCUT2D eigenvalue weighted by Gasteiger charge is 2.46. The second-order valence-corrected chi connectivity index (χ2v) is 15.4. The van der Waals surface area contributed by atoms with Gasteiger partial charge in [0.25, 0.3) is 0 Å². The van der Waals surface area contributed by atoms with Gasteiger partial charge in [-0.2, -0.15) is 26.3 Å². The fraction of sp³-hybridized carbons (Fsp3) is 0.618. The number of rotatable bonds is 6. The number of nitrogens with zero attached hydrogens (tertiary/aromatic N) is 5. The summed E-state index contributed by atoms with van der Waals surface area (Å²) in [6.45, 7) is 3.52. The Labute approximate surface area is 301 Å². The first-order chi connectivity index (χ1) is 24.6. The van der Waals surface area contributed by atoms with Crippen LogP contribution in [-0.2, 0) is 30.1 Å². The Balaban J connectivity index is 1.06. The van der Waals surface area contributed by atoms with Crippen LogP contribution in [0.25, 0.3) is 0 Å². The molecule has 5 amide bonds. The molecule has 4 N–H and O–H groups in total. The molecule has 7 rings (SSSR count). The summed E-state index contributed by atoms with van der Waals surface area (Å²) in [6.07, 6.45) is -7.64. The number of nitrogens with two attached hydrogens (primary N) is 1. The largest absolute Gasteiger partial charge is 0.418 e. The number of benzene rings is 1. The van der Waals surface area contributed by atoms with Gasteiger partial charge in [0.15, 0.2) is 0 Å². The number of amides is 5. The molecule has 4 fully saturated rings. The zero-order valence-electron chi connectivity index (χ0n) is 28.6. The number of hydrogen-bond donors (Lipinski definition) is 3. The van der Waals surface area contributed by atoms with Crippen LogP contribution in [0, 0.1) is 0 Å². The molecule has 3 atom stereocenters. The minimum Gasteiger partial charge on any atom is -0.398 e. The van der Waals surface area contributed by atoms with Crippen LogP contribution in [0.4, 0.5) is 47.3 Å². The van der Waals surface area contributed by atoms with E-state index < -0.39 is 59.1 Å². The number of piperidine rings is 2. The average molecular weight is 757 g/mol. The number of halogens is 6. The van der Waals surface area contributed by atoms with Crippen molar-refractivity contribution in [3.8, 4) is 0 Å². The topological polar surface area (TPSA) is 117 Å². The van der Waals surface area contributed by atoms with E-state index in [2.05, 4.69) is 27.5 Å². The first kappa shape index (κ1) is 36.6. The number of fused-ring (bicyclic) bond motifs is 3. The first-order valence-electron chi connectivity index (χ1n) is 17.6. The Kier molecular flexibility index (Phi) is 9.78. The van der Waals surface area contributed by atoms with E-state index in [0.29, 0.717) is 69.5 Å². The van der Waals surface area contributed by atoms with Crippen LogP contribution in [0.1, 0.15) is 54.4 Å². The van der Waals surface area contributed by atoms with Gasteiger partial charge in [0.1, 0.15) is 6.04 Å². The molecule has 0 spiro atoms. The molecule has 0 saturated carbocycles. The van der Waals surface area contributed by atoms with Gasteiger partial charge in [-0.1, -0.05) is 0 Å². The molecule has 11 nitrogen and oxygen atoms in total. The lowest BCUT2D eigenvalue weighted by Crippen LogP contribution is -2.58. The number of carbonyl (C=O) groups is 3. The summed E-state index contributed by atoms with van der Waals surface area (Å²) < 4.78 is 83.4. The number of thiophene rings is 1. The monoisotopic (exact) mass is 756 g/mol. The van der Waals surface area contributed by atoms with Gasteiger partial charge in [0.2, 0.25) is 5.91 Å². The van der Waals surface area contributed by atoms with Crippen molar-refractivity contribution in [2.45, 2.75) is 87.6 Å². The van der Waals surface area contributed by atoms with Gasteiger partial charge in [-0.25, -0.2) is 9.59 Å². The van der Waals surface area contributed by atoms with Gasteiger partial charge >= 0.3 is 24.4 Å². The highest BCUT2D eigenvalue weighted by atomic mass is 32.1. The van der Waals surface area contributed by atoms with E-state index in [9.17, 15) is 40.7 Å². The van der Waals surface area contributed by atoms with Crippen LogP contribution in [-0.4, -0.2) is 119 Å². The molecule has 1 aromatic carbocycles. The Morgan fingerprint density at radius 1 is 0.904 bits per heavy atom. The number of hydrogen-bond acceptors (Lipinski definition) is 7. The van der Waals surface area contributed by atoms with Crippen molar-refractivity contribution < 1.29 is 40.7 Å². The molecule has 5 aliphatic rings. The average Bonchev–Trinajstić information content (AvgIpc) is 3.83. The van der Waals surface area contributed by atoms with Crippen molar-refractivity contribution in [2.24, 2.45) is 0 Å². The van der Waals surface area contributed by atoms with Gasteiger partial charge in [-0.15, -0.1) is 11.3 Å². The Hall–Kier alpha value is -3.77. The predicted octanol–water partition coefficient (Wildman–Crippen LogP) is 4.88. The summed E-state index contributed by atoms with van der Waals surface area (Å²) in [4.78, 5) is 50.1. The standard InChI is InChI=1S/C34H42F6N8O3S/c1-44-15-24-13-23(44)16-47(24)21-2-6-45(7-3-21)30(49)27(12-19-10-25(33(35,36)37)29(41)26(11-19)34(38,39)40)42-31(50)46-8-4-22(5-9-46)48-14-20-17-52-18-28(20)43-32(48)51/h10-11,17-18,21-24,27H,2-9,12-16,41H2,1H3,(H,42,50)(H,43,51)/t23?,24?,27-/m1/s1.